The molecular weight excluding hydrogens is 332 g/mol. The second-order valence-corrected chi connectivity index (χ2v) is 5.98. The second-order valence-electron chi connectivity index (χ2n) is 4.73. The maximum absolute atomic E-state index is 14.2. The van der Waals surface area contributed by atoms with Crippen LogP contribution in [0.1, 0.15) is 18.9 Å². The smallest absolute Gasteiger partial charge is 0.128 e. The van der Waals surface area contributed by atoms with Crippen LogP contribution in [0.15, 0.2) is 30.3 Å². The van der Waals surface area contributed by atoms with Crippen molar-refractivity contribution >= 4 is 34.8 Å². The zero-order chi connectivity index (χ0) is 15.4. The number of hydrogen-bond acceptors (Lipinski definition) is 1. The van der Waals surface area contributed by atoms with Gasteiger partial charge in [0.15, 0.2) is 0 Å². The molecule has 0 unspecified atom stereocenters. The highest BCUT2D eigenvalue weighted by Crippen LogP contribution is 2.37. The van der Waals surface area contributed by atoms with Crippen LogP contribution < -0.4 is 5.32 Å². The van der Waals surface area contributed by atoms with E-state index in [0.717, 1.165) is 13.0 Å². The Kier molecular flexibility index (Phi) is 5.88. The first-order chi connectivity index (χ1) is 10.0. The van der Waals surface area contributed by atoms with Gasteiger partial charge in [0.25, 0.3) is 0 Å². The molecule has 0 aromatic heterocycles. The van der Waals surface area contributed by atoms with Gasteiger partial charge in [0.05, 0.1) is 10.0 Å². The predicted octanol–water partition coefficient (Wildman–Crippen LogP) is 5.95. The Bertz CT molecular complexity index is 620. The molecule has 0 saturated heterocycles. The van der Waals surface area contributed by atoms with Gasteiger partial charge >= 0.3 is 0 Å². The van der Waals surface area contributed by atoms with Crippen LogP contribution in [0.5, 0.6) is 0 Å². The molecule has 0 radical (unpaired) electrons. The average molecular weight is 347 g/mol. The van der Waals surface area contributed by atoms with Crippen LogP contribution in [0.25, 0.3) is 11.1 Å². The van der Waals surface area contributed by atoms with E-state index in [9.17, 15) is 4.39 Å². The predicted molar refractivity (Wildman–Crippen MR) is 88.9 cm³/mol. The van der Waals surface area contributed by atoms with E-state index >= 15 is 0 Å². The van der Waals surface area contributed by atoms with Crippen molar-refractivity contribution in [3.8, 4) is 11.1 Å². The Morgan fingerprint density at radius 1 is 1.05 bits per heavy atom. The van der Waals surface area contributed by atoms with Gasteiger partial charge in [-0.1, -0.05) is 53.9 Å². The quantitative estimate of drug-likeness (QED) is 0.659. The van der Waals surface area contributed by atoms with Gasteiger partial charge in [-0.05, 0) is 36.7 Å². The van der Waals surface area contributed by atoms with Crippen molar-refractivity contribution in [2.75, 3.05) is 6.54 Å². The minimum absolute atomic E-state index is 0.279. The van der Waals surface area contributed by atoms with Gasteiger partial charge in [0, 0.05) is 22.7 Å². The maximum Gasteiger partial charge on any atom is 0.128 e. The first kappa shape index (κ1) is 16.6. The normalized spacial score (nSPS) is 10.9. The lowest BCUT2D eigenvalue weighted by Crippen LogP contribution is -2.14. The largest absolute Gasteiger partial charge is 0.313 e. The van der Waals surface area contributed by atoms with Gasteiger partial charge in [-0.25, -0.2) is 4.39 Å². The van der Waals surface area contributed by atoms with Crippen molar-refractivity contribution in [2.24, 2.45) is 0 Å². The van der Waals surface area contributed by atoms with Crippen LogP contribution in [-0.4, -0.2) is 6.54 Å². The van der Waals surface area contributed by atoms with Gasteiger partial charge in [-0.15, -0.1) is 0 Å². The first-order valence-corrected chi connectivity index (χ1v) is 7.80. The van der Waals surface area contributed by atoms with E-state index in [1.54, 1.807) is 18.2 Å². The Morgan fingerprint density at radius 2 is 1.71 bits per heavy atom. The monoisotopic (exact) mass is 345 g/mol. The number of benzene rings is 2. The SMILES string of the molecule is CCCNCc1ccc(-c2c(Cl)cc(Cl)cc2Cl)cc1F. The number of rotatable bonds is 5. The van der Waals surface area contributed by atoms with Crippen LogP contribution in [0, 0.1) is 5.82 Å². The van der Waals surface area contributed by atoms with Crippen molar-refractivity contribution in [3.63, 3.8) is 0 Å². The van der Waals surface area contributed by atoms with Gasteiger partial charge in [-0.2, -0.15) is 0 Å². The number of hydrogen-bond donors (Lipinski definition) is 1. The van der Waals surface area contributed by atoms with Crippen LogP contribution >= 0.6 is 34.8 Å². The standard InChI is InChI=1S/C16H15Cl3FN/c1-2-5-21-9-11-4-3-10(6-15(11)20)16-13(18)7-12(17)8-14(16)19/h3-4,6-8,21H,2,5,9H2,1H3. The maximum atomic E-state index is 14.2. The summed E-state index contributed by atoms with van der Waals surface area (Å²) in [5.41, 5.74) is 1.85. The van der Waals surface area contributed by atoms with Gasteiger partial charge in [0.2, 0.25) is 0 Å². The van der Waals surface area contributed by atoms with Gasteiger partial charge < -0.3 is 5.32 Å². The van der Waals surface area contributed by atoms with E-state index < -0.39 is 0 Å². The summed E-state index contributed by atoms with van der Waals surface area (Å²) in [6.45, 7) is 3.43. The minimum atomic E-state index is -0.279. The Hall–Kier alpha value is -0.800. The molecule has 2 aromatic rings. The summed E-state index contributed by atoms with van der Waals surface area (Å²) >= 11 is 18.2. The third kappa shape index (κ3) is 4.10. The zero-order valence-corrected chi connectivity index (χ0v) is 13.8. The van der Waals surface area contributed by atoms with Gasteiger partial charge in [-0.3, -0.25) is 0 Å². The Balaban J connectivity index is 2.32. The van der Waals surface area contributed by atoms with Crippen LogP contribution in [-0.2, 0) is 6.54 Å². The van der Waals surface area contributed by atoms with Crippen molar-refractivity contribution in [1.82, 2.24) is 5.32 Å². The summed E-state index contributed by atoms with van der Waals surface area (Å²) in [7, 11) is 0. The molecule has 0 aliphatic rings. The molecule has 2 aromatic carbocycles. The van der Waals surface area contributed by atoms with Crippen molar-refractivity contribution in [2.45, 2.75) is 19.9 Å². The molecule has 5 heteroatoms. The molecule has 1 N–H and O–H groups in total. The molecule has 2 rings (SSSR count). The summed E-state index contributed by atoms with van der Waals surface area (Å²) in [6, 6.07) is 8.20. The topological polar surface area (TPSA) is 12.0 Å². The van der Waals surface area contributed by atoms with E-state index in [2.05, 4.69) is 12.2 Å². The molecule has 0 atom stereocenters. The van der Waals surface area contributed by atoms with Crippen LogP contribution in [0.4, 0.5) is 4.39 Å². The van der Waals surface area contributed by atoms with E-state index in [0.29, 0.717) is 38.3 Å². The molecule has 0 spiro atoms. The molecule has 21 heavy (non-hydrogen) atoms. The molecule has 0 bridgehead atoms. The molecule has 0 amide bonds. The molecule has 0 aliphatic carbocycles. The lowest BCUT2D eigenvalue weighted by molar-refractivity contribution is 0.587. The van der Waals surface area contributed by atoms with Crippen molar-refractivity contribution < 1.29 is 4.39 Å². The fraction of sp³-hybridized carbons (Fsp3) is 0.250. The average Bonchev–Trinajstić information content (AvgIpc) is 2.40. The van der Waals surface area contributed by atoms with E-state index in [-0.39, 0.29) is 5.82 Å². The van der Waals surface area contributed by atoms with E-state index in [4.69, 9.17) is 34.8 Å². The summed E-state index contributed by atoms with van der Waals surface area (Å²) < 4.78 is 14.2. The summed E-state index contributed by atoms with van der Waals surface area (Å²) in [6.07, 6.45) is 1.01. The fourth-order valence-corrected chi connectivity index (χ4v) is 3.10. The summed E-state index contributed by atoms with van der Waals surface area (Å²) in [5, 5.41) is 4.44. The summed E-state index contributed by atoms with van der Waals surface area (Å²) in [5.74, 6) is -0.279. The highest BCUT2D eigenvalue weighted by molar-refractivity contribution is 6.41. The molecule has 0 saturated carbocycles. The zero-order valence-electron chi connectivity index (χ0n) is 11.5. The van der Waals surface area contributed by atoms with Crippen LogP contribution in [0.2, 0.25) is 15.1 Å². The van der Waals surface area contributed by atoms with E-state index in [1.807, 2.05) is 6.07 Å². The third-order valence-corrected chi connectivity index (χ3v) is 3.91. The lowest BCUT2D eigenvalue weighted by atomic mass is 10.0. The molecular formula is C16H15Cl3FN. The molecule has 112 valence electrons. The van der Waals surface area contributed by atoms with Gasteiger partial charge in [0.1, 0.15) is 5.82 Å². The number of halogens is 4. The minimum Gasteiger partial charge on any atom is -0.313 e. The third-order valence-electron chi connectivity index (χ3n) is 3.09. The van der Waals surface area contributed by atoms with E-state index in [1.165, 1.54) is 6.07 Å². The highest BCUT2D eigenvalue weighted by Gasteiger charge is 2.12. The molecule has 0 fully saturated rings. The molecule has 0 heterocycles. The van der Waals surface area contributed by atoms with Crippen molar-refractivity contribution in [1.29, 1.82) is 0 Å². The Labute approximate surface area is 139 Å². The number of nitrogens with one attached hydrogen (secondary N) is 1. The Morgan fingerprint density at radius 3 is 2.29 bits per heavy atom. The van der Waals surface area contributed by atoms with Crippen LogP contribution in [0.3, 0.4) is 0 Å². The first-order valence-electron chi connectivity index (χ1n) is 6.67. The lowest BCUT2D eigenvalue weighted by Gasteiger charge is -2.10. The fourth-order valence-electron chi connectivity index (χ4n) is 2.06. The second kappa shape index (κ2) is 7.46. The summed E-state index contributed by atoms with van der Waals surface area (Å²) in [4.78, 5) is 0. The molecule has 1 nitrogen and oxygen atoms in total. The molecule has 0 aliphatic heterocycles. The highest BCUT2D eigenvalue weighted by atomic mass is 35.5. The van der Waals surface area contributed by atoms with Crippen molar-refractivity contribution in [3.05, 3.63) is 56.8 Å².